The van der Waals surface area contributed by atoms with Gasteiger partial charge in [0.2, 0.25) is 0 Å². The minimum absolute atomic E-state index is 0.00259. The number of fused-ring (bicyclic) bond motifs is 20. The van der Waals surface area contributed by atoms with Crippen LogP contribution in [0.3, 0.4) is 0 Å². The average Bonchev–Trinajstić information content (AvgIpc) is 3.95. The second-order valence-corrected chi connectivity index (χ2v) is 18.4. The van der Waals surface area contributed by atoms with Crippen molar-refractivity contribution in [2.24, 2.45) is 11.8 Å². The highest BCUT2D eigenvalue weighted by Gasteiger charge is 2.34. The first kappa shape index (κ1) is 42.1. The maximum Gasteiger partial charge on any atom is 0.166 e. The topological polar surface area (TPSA) is 127 Å². The third-order valence-electron chi connectivity index (χ3n) is 9.52. The molecule has 0 saturated carbocycles. The number of hydrogen-bond acceptors (Lipinski definition) is 8. The summed E-state index contributed by atoms with van der Waals surface area (Å²) in [6, 6.07) is 7.45. The number of H-pyrrole nitrogens is 2. The molecule has 8 bridgehead atoms. The lowest BCUT2D eigenvalue weighted by Gasteiger charge is -2.16. The van der Waals surface area contributed by atoms with Gasteiger partial charge in [0.25, 0.3) is 0 Å². The van der Waals surface area contributed by atoms with Crippen molar-refractivity contribution in [2.45, 2.75) is 27.7 Å². The summed E-state index contributed by atoms with van der Waals surface area (Å²) in [6.07, 6.45) is 0. The van der Waals surface area contributed by atoms with Gasteiger partial charge in [-0.05, 0) is 11.8 Å². The van der Waals surface area contributed by atoms with Crippen LogP contribution >= 0.6 is 116 Å². The summed E-state index contributed by atoms with van der Waals surface area (Å²) < 4.78 is 12.3. The predicted molar refractivity (Wildman–Crippen MR) is 247 cm³/mol. The Morgan fingerprint density at radius 2 is 0.767 bits per heavy atom. The molecule has 2 N–H and O–H groups in total. The van der Waals surface area contributed by atoms with Crippen molar-refractivity contribution in [3.8, 4) is 57.1 Å². The molecule has 0 fully saturated rings. The lowest BCUT2D eigenvalue weighted by atomic mass is 10.1. The van der Waals surface area contributed by atoms with Crippen LogP contribution in [0.4, 0.5) is 0 Å². The Bertz CT molecular complexity index is 3200. The average molecular weight is 1000 g/mol. The van der Waals surface area contributed by atoms with E-state index in [1.165, 1.54) is 0 Å². The van der Waals surface area contributed by atoms with E-state index in [2.05, 4.69) is 9.97 Å². The van der Waals surface area contributed by atoms with Crippen molar-refractivity contribution < 1.29 is 9.47 Å². The number of nitrogens with zero attached hydrogens (tertiary/aromatic N) is 6. The molecule has 0 saturated heterocycles. The number of benzene rings is 4. The summed E-state index contributed by atoms with van der Waals surface area (Å²) in [5.74, 6) is 0.899. The van der Waals surface area contributed by atoms with E-state index >= 15 is 0 Å². The third kappa shape index (κ3) is 6.69. The minimum Gasteiger partial charge on any atom is -0.490 e. The number of aromatic amines is 2. The van der Waals surface area contributed by atoms with Crippen molar-refractivity contribution in [1.29, 1.82) is 0 Å². The summed E-state index contributed by atoms with van der Waals surface area (Å²) in [7, 11) is 0. The van der Waals surface area contributed by atoms with Crippen molar-refractivity contribution in [3.05, 3.63) is 74.5 Å². The maximum atomic E-state index is 7.21. The van der Waals surface area contributed by atoms with Crippen LogP contribution in [-0.2, 0) is 0 Å². The van der Waals surface area contributed by atoms with Crippen LogP contribution in [0.15, 0.2) is 24.3 Å². The highest BCUT2D eigenvalue weighted by atomic mass is 35.5. The third-order valence-corrected chi connectivity index (χ3v) is 13.7. The van der Waals surface area contributed by atoms with E-state index in [0.29, 0.717) is 39.8 Å². The molecule has 9 rings (SSSR count). The first-order valence-electron chi connectivity index (χ1n) is 18.0. The van der Waals surface area contributed by atoms with Gasteiger partial charge in [-0.1, -0.05) is 168 Å². The summed E-state index contributed by atoms with van der Waals surface area (Å²) in [4.78, 5) is 36.3. The highest BCUT2D eigenvalue weighted by molar-refractivity contribution is 6.54. The number of rotatable bonds is 6. The fourth-order valence-corrected chi connectivity index (χ4v) is 9.64. The number of aromatic nitrogens is 8. The fourth-order valence-electron chi connectivity index (χ4n) is 6.84. The number of hydrogen-bond donors (Lipinski definition) is 2. The molecule has 0 aliphatic carbocycles. The Kier molecular flexibility index (Phi) is 11.1. The first-order chi connectivity index (χ1) is 28.6. The molecule has 2 aliphatic rings. The normalized spacial score (nSPS) is 12.3. The molecule has 60 heavy (non-hydrogen) atoms. The first-order valence-corrected chi connectivity index (χ1v) is 21.8. The van der Waals surface area contributed by atoms with Gasteiger partial charge in [-0.2, -0.15) is 0 Å². The zero-order valence-electron chi connectivity index (χ0n) is 31.2. The van der Waals surface area contributed by atoms with E-state index < -0.39 is 0 Å². The fraction of sp³-hybridized carbons (Fsp3) is 0.200. The number of ether oxygens (including phenoxy) is 2. The molecule has 306 valence electrons. The molecule has 0 unspecified atom stereocenters. The number of halogens is 10. The smallest absolute Gasteiger partial charge is 0.166 e. The Morgan fingerprint density at radius 3 is 1.22 bits per heavy atom. The maximum absolute atomic E-state index is 7.21. The van der Waals surface area contributed by atoms with Gasteiger partial charge in [-0.3, -0.25) is 0 Å². The van der Waals surface area contributed by atoms with E-state index in [-0.39, 0.29) is 137 Å². The second kappa shape index (κ2) is 15.8. The van der Waals surface area contributed by atoms with Crippen molar-refractivity contribution in [2.75, 3.05) is 13.2 Å². The Morgan fingerprint density at radius 1 is 0.417 bits per heavy atom. The van der Waals surface area contributed by atoms with Gasteiger partial charge in [-0.25, -0.2) is 29.9 Å². The Labute approximate surface area is 390 Å². The molecule has 0 spiro atoms. The summed E-state index contributed by atoms with van der Waals surface area (Å²) in [6.45, 7) is 8.50. The standard InChI is InChI=1S/C40H24Cl10N8O2/c1-11(2)9-59-31-25(45)19-17(23(43)29(31)49)36-53-34-14-8-6-5-7-13(14)33(51-34)52-35-15-16(22(42)28(48)27(47)21(15)41)37(54-35)56-38-18-20(40(57-38)58-39(19)55-36)26(46)32(30(50)24(18)44)60-10-12(3)4/h5-8,11-12H,9-10H2,1-4H3,(H2,51,52,53,54,55,56,57,58). The quantitative estimate of drug-likeness (QED) is 0.125. The molecular weight excluding hydrogens is 979 g/mol. The second-order valence-electron chi connectivity index (χ2n) is 14.6. The molecule has 0 atom stereocenters. The molecule has 2 aliphatic heterocycles. The minimum atomic E-state index is -0.0104. The van der Waals surface area contributed by atoms with Crippen LogP contribution in [0.1, 0.15) is 27.7 Å². The van der Waals surface area contributed by atoms with E-state index in [9.17, 15) is 0 Å². The van der Waals surface area contributed by atoms with Gasteiger partial charge >= 0.3 is 0 Å². The van der Waals surface area contributed by atoms with Crippen molar-refractivity contribution in [3.63, 3.8) is 0 Å². The van der Waals surface area contributed by atoms with Gasteiger partial charge in [0.1, 0.15) is 32.6 Å². The molecule has 5 heterocycles. The van der Waals surface area contributed by atoms with Crippen LogP contribution in [0, 0.1) is 11.8 Å². The SMILES string of the molecule is CC(C)COc1c(Cl)c(Cl)c2c(c1Cl)-c1nc-2nc2[nH]c(nc3nc(nc4[nH]c(n1)c1c(Cl)c(OCC(C)C)c(Cl)c(Cl)c41)-c1c(Cl)c(Cl)c(Cl)c(Cl)c1-3)c1ccccc21. The summed E-state index contributed by atoms with van der Waals surface area (Å²) >= 11 is 69.5. The van der Waals surface area contributed by atoms with Crippen molar-refractivity contribution >= 4 is 160 Å². The number of nitrogens with one attached hydrogen (secondary N) is 2. The van der Waals surface area contributed by atoms with E-state index in [0.717, 1.165) is 0 Å². The lowest BCUT2D eigenvalue weighted by molar-refractivity contribution is 0.271. The van der Waals surface area contributed by atoms with E-state index in [1.807, 2.05) is 52.0 Å². The summed E-state index contributed by atoms with van der Waals surface area (Å²) in [5, 5.41) is 2.41. The predicted octanol–water partition coefficient (Wildman–Crippen LogP) is 15.5. The van der Waals surface area contributed by atoms with Crippen molar-refractivity contribution in [1.82, 2.24) is 39.9 Å². The molecular formula is C40H24Cl10N8O2. The molecule has 10 nitrogen and oxygen atoms in total. The largest absolute Gasteiger partial charge is 0.490 e. The van der Waals surface area contributed by atoms with Crippen LogP contribution in [0.25, 0.3) is 89.7 Å². The molecule has 7 aromatic rings. The molecule has 4 aromatic carbocycles. The highest BCUT2D eigenvalue weighted by Crippen LogP contribution is 2.54. The van der Waals surface area contributed by atoms with Gasteiger partial charge in [0.05, 0.1) is 86.4 Å². The Hall–Kier alpha value is -3.26. The molecule has 0 amide bonds. The lowest BCUT2D eigenvalue weighted by Crippen LogP contribution is -2.06. The monoisotopic (exact) mass is 998 g/mol. The van der Waals surface area contributed by atoms with Gasteiger partial charge in [-0.15, -0.1) is 0 Å². The van der Waals surface area contributed by atoms with E-state index in [1.54, 1.807) is 0 Å². The van der Waals surface area contributed by atoms with Crippen LogP contribution in [0.5, 0.6) is 11.5 Å². The van der Waals surface area contributed by atoms with Gasteiger partial charge < -0.3 is 19.4 Å². The van der Waals surface area contributed by atoms with E-state index in [4.69, 9.17) is 155 Å². The van der Waals surface area contributed by atoms with Crippen LogP contribution in [0.2, 0.25) is 50.2 Å². The van der Waals surface area contributed by atoms with Crippen LogP contribution < -0.4 is 9.47 Å². The van der Waals surface area contributed by atoms with Gasteiger partial charge in [0, 0.05) is 10.8 Å². The Balaban J connectivity index is 1.52. The molecule has 3 aromatic heterocycles. The van der Waals surface area contributed by atoms with Gasteiger partial charge in [0.15, 0.2) is 34.8 Å². The summed E-state index contributed by atoms with van der Waals surface area (Å²) in [5.41, 5.74) is 2.10. The molecule has 0 radical (unpaired) electrons. The zero-order chi connectivity index (χ0) is 42.6. The zero-order valence-corrected chi connectivity index (χ0v) is 38.7. The molecule has 20 heteroatoms. The van der Waals surface area contributed by atoms with Crippen LogP contribution in [-0.4, -0.2) is 53.1 Å².